The van der Waals surface area contributed by atoms with E-state index in [1.807, 2.05) is 0 Å². The Morgan fingerprint density at radius 2 is 0.812 bits per heavy atom. The summed E-state index contributed by atoms with van der Waals surface area (Å²) in [6.45, 7) is 0. The molecule has 48 heavy (non-hydrogen) atoms. The maximum Gasteiger partial charge on any atom is 0.0562 e. The summed E-state index contributed by atoms with van der Waals surface area (Å²) in [6.07, 6.45) is 0. The standard InChI is InChI=1S/C46H30N2/c1-3-14-31(15-4-1)40-28-34(26-33-16-7-8-21-37(33)40)32-17-13-20-36(27-32)48-44-25-12-10-23-39(44)42-29-41-38-22-9-11-24-43(38)47(45(41)30-46(42)48)35-18-5-2-6-19-35/h1-30H. The third kappa shape index (κ3) is 4.06. The lowest BCUT2D eigenvalue weighted by atomic mass is 9.93. The van der Waals surface area contributed by atoms with Gasteiger partial charge in [-0.05, 0) is 93.7 Å². The summed E-state index contributed by atoms with van der Waals surface area (Å²) in [5, 5.41) is 7.56. The fourth-order valence-corrected chi connectivity index (χ4v) is 7.72. The maximum atomic E-state index is 2.44. The Hall–Kier alpha value is -6.38. The summed E-state index contributed by atoms with van der Waals surface area (Å²) in [7, 11) is 0. The first-order valence-corrected chi connectivity index (χ1v) is 16.5. The van der Waals surface area contributed by atoms with E-state index in [0.29, 0.717) is 0 Å². The molecule has 0 saturated heterocycles. The fourth-order valence-electron chi connectivity index (χ4n) is 7.72. The predicted molar refractivity (Wildman–Crippen MR) is 203 cm³/mol. The zero-order valence-electron chi connectivity index (χ0n) is 26.2. The van der Waals surface area contributed by atoms with Gasteiger partial charge in [-0.2, -0.15) is 0 Å². The van der Waals surface area contributed by atoms with Crippen molar-refractivity contribution in [3.8, 4) is 33.6 Å². The van der Waals surface area contributed by atoms with E-state index < -0.39 is 0 Å². The van der Waals surface area contributed by atoms with Gasteiger partial charge in [0.1, 0.15) is 0 Å². The fraction of sp³-hybridized carbons (Fsp3) is 0. The number of nitrogens with zero attached hydrogens (tertiary/aromatic N) is 2. The lowest BCUT2D eigenvalue weighted by Gasteiger charge is -2.14. The average molecular weight is 611 g/mol. The minimum Gasteiger partial charge on any atom is -0.309 e. The van der Waals surface area contributed by atoms with Gasteiger partial charge in [0.05, 0.1) is 22.1 Å². The van der Waals surface area contributed by atoms with E-state index in [2.05, 4.69) is 191 Å². The topological polar surface area (TPSA) is 9.86 Å². The van der Waals surface area contributed by atoms with E-state index in [-0.39, 0.29) is 0 Å². The smallest absolute Gasteiger partial charge is 0.0562 e. The van der Waals surface area contributed by atoms with Crippen LogP contribution in [-0.2, 0) is 0 Å². The van der Waals surface area contributed by atoms with E-state index in [4.69, 9.17) is 0 Å². The van der Waals surface area contributed by atoms with Crippen LogP contribution in [0.5, 0.6) is 0 Å². The number of hydrogen-bond acceptors (Lipinski definition) is 0. The highest BCUT2D eigenvalue weighted by Gasteiger charge is 2.18. The molecule has 0 saturated carbocycles. The Morgan fingerprint density at radius 3 is 1.52 bits per heavy atom. The van der Waals surface area contributed by atoms with Gasteiger partial charge in [-0.1, -0.05) is 121 Å². The first kappa shape index (κ1) is 26.8. The van der Waals surface area contributed by atoms with E-state index in [9.17, 15) is 0 Å². The molecule has 224 valence electrons. The maximum absolute atomic E-state index is 2.44. The highest BCUT2D eigenvalue weighted by molar-refractivity contribution is 6.19. The van der Waals surface area contributed by atoms with Gasteiger partial charge >= 0.3 is 0 Å². The van der Waals surface area contributed by atoms with Crippen molar-refractivity contribution < 1.29 is 0 Å². The van der Waals surface area contributed by atoms with E-state index >= 15 is 0 Å². The van der Waals surface area contributed by atoms with Crippen LogP contribution >= 0.6 is 0 Å². The van der Waals surface area contributed by atoms with Crippen molar-refractivity contribution in [2.24, 2.45) is 0 Å². The van der Waals surface area contributed by atoms with Crippen LogP contribution in [-0.4, -0.2) is 9.13 Å². The van der Waals surface area contributed by atoms with Crippen LogP contribution in [0.3, 0.4) is 0 Å². The molecule has 8 aromatic carbocycles. The van der Waals surface area contributed by atoms with Gasteiger partial charge in [0, 0.05) is 32.9 Å². The van der Waals surface area contributed by atoms with Gasteiger partial charge < -0.3 is 9.13 Å². The molecule has 0 fully saturated rings. The number of rotatable bonds is 4. The molecule has 10 rings (SSSR count). The molecule has 0 aliphatic heterocycles. The van der Waals surface area contributed by atoms with Gasteiger partial charge in [-0.15, -0.1) is 0 Å². The SMILES string of the molecule is c1ccc(-c2cc(-c3cccc(-n4c5ccccc5c5cc6c7ccccc7n(-c7ccccc7)c6cc54)c3)cc3ccccc23)cc1. The normalized spacial score (nSPS) is 11.8. The number of hydrogen-bond donors (Lipinski definition) is 0. The quantitative estimate of drug-likeness (QED) is 0.188. The van der Waals surface area contributed by atoms with E-state index in [1.165, 1.54) is 82.3 Å². The van der Waals surface area contributed by atoms with E-state index in [0.717, 1.165) is 5.69 Å². The van der Waals surface area contributed by atoms with Crippen molar-refractivity contribution in [2.75, 3.05) is 0 Å². The van der Waals surface area contributed by atoms with Crippen molar-refractivity contribution >= 4 is 54.4 Å². The number of para-hydroxylation sites is 3. The summed E-state index contributed by atoms with van der Waals surface area (Å²) in [5.41, 5.74) is 12.0. The summed E-state index contributed by atoms with van der Waals surface area (Å²) in [5.74, 6) is 0. The Bertz CT molecular complexity index is 2820. The predicted octanol–water partition coefficient (Wildman–Crippen LogP) is 12.4. The second kappa shape index (κ2) is 10.6. The molecule has 0 unspecified atom stereocenters. The van der Waals surface area contributed by atoms with Crippen molar-refractivity contribution in [1.29, 1.82) is 0 Å². The summed E-state index contributed by atoms with van der Waals surface area (Å²) in [4.78, 5) is 0. The molecule has 2 aromatic heterocycles. The van der Waals surface area contributed by atoms with Crippen molar-refractivity contribution in [1.82, 2.24) is 9.13 Å². The molecule has 2 heteroatoms. The average Bonchev–Trinajstić information content (AvgIpc) is 3.66. The molecular weight excluding hydrogens is 581 g/mol. The second-order valence-electron chi connectivity index (χ2n) is 12.6. The zero-order chi connectivity index (χ0) is 31.6. The molecular formula is C46H30N2. The molecule has 10 aromatic rings. The molecule has 2 nitrogen and oxygen atoms in total. The van der Waals surface area contributed by atoms with Crippen LogP contribution in [0.4, 0.5) is 0 Å². The summed E-state index contributed by atoms with van der Waals surface area (Å²) < 4.78 is 4.85. The zero-order valence-corrected chi connectivity index (χ0v) is 26.2. The Balaban J connectivity index is 1.24. The molecule has 2 heterocycles. The van der Waals surface area contributed by atoms with Crippen molar-refractivity contribution in [3.05, 3.63) is 182 Å². The number of aromatic nitrogens is 2. The number of fused-ring (bicyclic) bond motifs is 7. The Morgan fingerprint density at radius 1 is 0.271 bits per heavy atom. The molecule has 0 aliphatic carbocycles. The molecule has 0 aliphatic rings. The van der Waals surface area contributed by atoms with Crippen LogP contribution in [0.2, 0.25) is 0 Å². The lowest BCUT2D eigenvalue weighted by molar-refractivity contribution is 1.16. The van der Waals surface area contributed by atoms with Crippen LogP contribution in [0.15, 0.2) is 182 Å². The van der Waals surface area contributed by atoms with Crippen LogP contribution in [0, 0.1) is 0 Å². The highest BCUT2D eigenvalue weighted by Crippen LogP contribution is 2.40. The molecule has 0 amide bonds. The Kier molecular flexibility index (Phi) is 5.91. The second-order valence-corrected chi connectivity index (χ2v) is 12.6. The first-order chi connectivity index (χ1) is 23.8. The summed E-state index contributed by atoms with van der Waals surface area (Å²) in [6, 6.07) is 66.2. The summed E-state index contributed by atoms with van der Waals surface area (Å²) >= 11 is 0. The first-order valence-electron chi connectivity index (χ1n) is 16.5. The van der Waals surface area contributed by atoms with Crippen molar-refractivity contribution in [3.63, 3.8) is 0 Å². The number of benzene rings is 8. The molecule has 0 bridgehead atoms. The Labute approximate surface area is 278 Å². The minimum atomic E-state index is 1.15. The van der Waals surface area contributed by atoms with Crippen molar-refractivity contribution in [2.45, 2.75) is 0 Å². The third-order valence-electron chi connectivity index (χ3n) is 9.86. The molecule has 0 spiro atoms. The molecule has 0 atom stereocenters. The van der Waals surface area contributed by atoms with Crippen LogP contribution in [0.1, 0.15) is 0 Å². The lowest BCUT2D eigenvalue weighted by Crippen LogP contribution is -1.96. The van der Waals surface area contributed by atoms with Gasteiger partial charge in [0.15, 0.2) is 0 Å². The van der Waals surface area contributed by atoms with Crippen LogP contribution < -0.4 is 0 Å². The van der Waals surface area contributed by atoms with Crippen LogP contribution in [0.25, 0.3) is 88.0 Å². The van der Waals surface area contributed by atoms with Gasteiger partial charge in [0.25, 0.3) is 0 Å². The van der Waals surface area contributed by atoms with E-state index in [1.54, 1.807) is 0 Å². The third-order valence-corrected chi connectivity index (χ3v) is 9.86. The molecule has 0 radical (unpaired) electrons. The minimum absolute atomic E-state index is 1.15. The highest BCUT2D eigenvalue weighted by atomic mass is 15.0. The largest absolute Gasteiger partial charge is 0.309 e. The monoisotopic (exact) mass is 610 g/mol. The van der Waals surface area contributed by atoms with Gasteiger partial charge in [-0.3, -0.25) is 0 Å². The van der Waals surface area contributed by atoms with Gasteiger partial charge in [0.2, 0.25) is 0 Å². The van der Waals surface area contributed by atoms with Gasteiger partial charge in [-0.25, -0.2) is 0 Å². The molecule has 0 N–H and O–H groups in total.